The minimum atomic E-state index is -3.50. The van der Waals surface area contributed by atoms with Crippen LogP contribution < -0.4 is 18.7 Å². The van der Waals surface area contributed by atoms with Crippen LogP contribution in [0.2, 0.25) is 0 Å². The molecule has 0 unspecified atom stereocenters. The third-order valence-corrected chi connectivity index (χ3v) is 6.57. The number of para-hydroxylation sites is 1. The Bertz CT molecular complexity index is 1040. The fourth-order valence-corrected chi connectivity index (χ4v) is 4.93. The summed E-state index contributed by atoms with van der Waals surface area (Å²) < 4.78 is 37.2. The molecule has 0 N–H and O–H groups in total. The second-order valence-corrected chi connectivity index (χ2v) is 9.45. The van der Waals surface area contributed by atoms with Crippen LogP contribution in [0.1, 0.15) is 24.8 Å². The summed E-state index contributed by atoms with van der Waals surface area (Å²) in [6.07, 6.45) is 3.80. The average molecular weight is 431 g/mol. The lowest BCUT2D eigenvalue weighted by Crippen LogP contribution is -2.36. The SMILES string of the molecule is CS(=O)(=O)N(CCCC(=O)N1CCCc2ccccc21)c1ccc2c(c1)OCCO2. The van der Waals surface area contributed by atoms with Gasteiger partial charge < -0.3 is 14.4 Å². The van der Waals surface area contributed by atoms with Gasteiger partial charge in [0.15, 0.2) is 11.5 Å². The number of anilines is 2. The number of nitrogens with zero attached hydrogens (tertiary/aromatic N) is 2. The summed E-state index contributed by atoms with van der Waals surface area (Å²) >= 11 is 0. The van der Waals surface area contributed by atoms with Gasteiger partial charge in [0.25, 0.3) is 0 Å². The molecule has 2 aliphatic heterocycles. The van der Waals surface area contributed by atoms with E-state index in [1.165, 1.54) is 16.1 Å². The lowest BCUT2D eigenvalue weighted by atomic mass is 10.0. The van der Waals surface area contributed by atoms with Gasteiger partial charge in [-0.2, -0.15) is 0 Å². The second kappa shape index (κ2) is 8.55. The van der Waals surface area contributed by atoms with Crippen LogP contribution in [0.5, 0.6) is 11.5 Å². The zero-order valence-corrected chi connectivity index (χ0v) is 17.9. The molecule has 0 radical (unpaired) electrons. The molecule has 0 aromatic heterocycles. The molecular formula is C22H26N2O5S. The van der Waals surface area contributed by atoms with Gasteiger partial charge in [-0.1, -0.05) is 18.2 Å². The fraction of sp³-hybridized carbons (Fsp3) is 0.409. The summed E-state index contributed by atoms with van der Waals surface area (Å²) in [4.78, 5) is 14.7. The second-order valence-electron chi connectivity index (χ2n) is 7.54. The Morgan fingerprint density at radius 3 is 2.67 bits per heavy atom. The van der Waals surface area contributed by atoms with Gasteiger partial charge in [-0.25, -0.2) is 8.42 Å². The summed E-state index contributed by atoms with van der Waals surface area (Å²) in [7, 11) is -3.50. The molecular weight excluding hydrogens is 404 g/mol. The van der Waals surface area contributed by atoms with Crippen molar-refractivity contribution >= 4 is 27.3 Å². The summed E-state index contributed by atoms with van der Waals surface area (Å²) in [5.74, 6) is 1.17. The number of sulfonamides is 1. The number of amides is 1. The van der Waals surface area contributed by atoms with Crippen LogP contribution in [0.4, 0.5) is 11.4 Å². The first kappa shape index (κ1) is 20.5. The Kier molecular flexibility index (Phi) is 5.85. The van der Waals surface area contributed by atoms with Gasteiger partial charge in [0, 0.05) is 31.3 Å². The molecule has 2 heterocycles. The molecule has 0 saturated carbocycles. The van der Waals surface area contributed by atoms with E-state index in [2.05, 4.69) is 6.07 Å². The molecule has 2 aromatic rings. The number of ether oxygens (including phenoxy) is 2. The van der Waals surface area contributed by atoms with Crippen molar-refractivity contribution in [3.05, 3.63) is 48.0 Å². The quantitative estimate of drug-likeness (QED) is 0.704. The zero-order chi connectivity index (χ0) is 21.1. The molecule has 0 atom stereocenters. The highest BCUT2D eigenvalue weighted by atomic mass is 32.2. The normalized spacial score (nSPS) is 15.4. The van der Waals surface area contributed by atoms with Crippen molar-refractivity contribution in [1.82, 2.24) is 0 Å². The summed E-state index contributed by atoms with van der Waals surface area (Å²) in [6, 6.07) is 13.1. The highest BCUT2D eigenvalue weighted by Gasteiger charge is 2.24. The zero-order valence-electron chi connectivity index (χ0n) is 17.0. The van der Waals surface area contributed by atoms with Crippen molar-refractivity contribution in [3.8, 4) is 11.5 Å². The van der Waals surface area contributed by atoms with E-state index in [1.54, 1.807) is 18.2 Å². The summed E-state index contributed by atoms with van der Waals surface area (Å²) in [5, 5.41) is 0. The molecule has 0 aliphatic carbocycles. The predicted octanol–water partition coefficient (Wildman–Crippen LogP) is 2.98. The number of benzene rings is 2. The van der Waals surface area contributed by atoms with E-state index < -0.39 is 10.0 Å². The van der Waals surface area contributed by atoms with Crippen LogP contribution >= 0.6 is 0 Å². The molecule has 0 saturated heterocycles. The molecule has 0 fully saturated rings. The van der Waals surface area contributed by atoms with Crippen molar-refractivity contribution in [1.29, 1.82) is 0 Å². The van der Waals surface area contributed by atoms with E-state index in [4.69, 9.17) is 9.47 Å². The van der Waals surface area contributed by atoms with Crippen molar-refractivity contribution in [3.63, 3.8) is 0 Å². The van der Waals surface area contributed by atoms with Gasteiger partial charge >= 0.3 is 0 Å². The topological polar surface area (TPSA) is 76.2 Å². The molecule has 4 rings (SSSR count). The van der Waals surface area contributed by atoms with Gasteiger partial charge in [-0.05, 0) is 43.0 Å². The van der Waals surface area contributed by atoms with E-state index in [9.17, 15) is 13.2 Å². The number of rotatable bonds is 6. The van der Waals surface area contributed by atoms with Crippen molar-refractivity contribution in [2.24, 2.45) is 0 Å². The first-order chi connectivity index (χ1) is 14.4. The van der Waals surface area contributed by atoms with Gasteiger partial charge in [0.05, 0.1) is 11.9 Å². The molecule has 2 aromatic carbocycles. The fourth-order valence-electron chi connectivity index (χ4n) is 3.98. The van der Waals surface area contributed by atoms with Crippen LogP contribution in [0, 0.1) is 0 Å². The molecule has 1 amide bonds. The van der Waals surface area contributed by atoms with Gasteiger partial charge in [-0.15, -0.1) is 0 Å². The van der Waals surface area contributed by atoms with Crippen molar-refractivity contribution < 1.29 is 22.7 Å². The number of fused-ring (bicyclic) bond motifs is 2. The standard InChI is InChI=1S/C22H26N2O5S/c1-30(26,27)24(18-10-11-20-21(16-18)29-15-14-28-20)13-5-9-22(25)23-12-4-7-17-6-2-3-8-19(17)23/h2-3,6,8,10-11,16H,4-5,7,9,12-15H2,1H3. The Morgan fingerprint density at radius 1 is 1.10 bits per heavy atom. The monoisotopic (exact) mass is 430 g/mol. The lowest BCUT2D eigenvalue weighted by Gasteiger charge is -2.30. The minimum absolute atomic E-state index is 0.0257. The molecule has 8 heteroatoms. The summed E-state index contributed by atoms with van der Waals surface area (Å²) in [5.41, 5.74) is 2.67. The maximum absolute atomic E-state index is 12.8. The highest BCUT2D eigenvalue weighted by Crippen LogP contribution is 2.35. The first-order valence-corrected chi connectivity index (χ1v) is 12.0. The lowest BCUT2D eigenvalue weighted by molar-refractivity contribution is -0.118. The Labute approximate surface area is 177 Å². The van der Waals surface area contributed by atoms with E-state index >= 15 is 0 Å². The van der Waals surface area contributed by atoms with Crippen molar-refractivity contribution in [2.45, 2.75) is 25.7 Å². The maximum atomic E-state index is 12.8. The smallest absolute Gasteiger partial charge is 0.232 e. The first-order valence-electron chi connectivity index (χ1n) is 10.2. The molecule has 30 heavy (non-hydrogen) atoms. The molecule has 0 bridgehead atoms. The molecule has 0 spiro atoms. The van der Waals surface area contributed by atoms with Crippen LogP contribution in [-0.4, -0.2) is 46.9 Å². The van der Waals surface area contributed by atoms with Crippen LogP contribution in [0.25, 0.3) is 0 Å². The van der Waals surface area contributed by atoms with Gasteiger partial charge in [-0.3, -0.25) is 9.10 Å². The molecule has 7 nitrogen and oxygen atoms in total. The van der Waals surface area contributed by atoms with Crippen molar-refractivity contribution in [2.75, 3.05) is 41.8 Å². The van der Waals surface area contributed by atoms with Gasteiger partial charge in [0.2, 0.25) is 15.9 Å². The Balaban J connectivity index is 1.44. The van der Waals surface area contributed by atoms with Crippen LogP contribution in [-0.2, 0) is 21.2 Å². The highest BCUT2D eigenvalue weighted by molar-refractivity contribution is 7.92. The third-order valence-electron chi connectivity index (χ3n) is 5.38. The Morgan fingerprint density at radius 2 is 1.87 bits per heavy atom. The van der Waals surface area contributed by atoms with Gasteiger partial charge in [0.1, 0.15) is 13.2 Å². The number of hydrogen-bond acceptors (Lipinski definition) is 5. The number of hydrogen-bond donors (Lipinski definition) is 0. The maximum Gasteiger partial charge on any atom is 0.232 e. The largest absolute Gasteiger partial charge is 0.486 e. The van der Waals surface area contributed by atoms with E-state index in [0.29, 0.717) is 43.4 Å². The number of aryl methyl sites for hydroxylation is 1. The molecule has 160 valence electrons. The number of carbonyl (C=O) groups excluding carboxylic acids is 1. The summed E-state index contributed by atoms with van der Waals surface area (Å²) in [6.45, 7) is 1.83. The van der Waals surface area contributed by atoms with E-state index in [0.717, 1.165) is 18.5 Å². The van der Waals surface area contributed by atoms with Crippen LogP contribution in [0.15, 0.2) is 42.5 Å². The molecule has 2 aliphatic rings. The van der Waals surface area contributed by atoms with Crippen LogP contribution in [0.3, 0.4) is 0 Å². The Hall–Kier alpha value is -2.74. The van der Waals surface area contributed by atoms with E-state index in [1.807, 2.05) is 23.1 Å². The minimum Gasteiger partial charge on any atom is -0.486 e. The predicted molar refractivity (Wildman–Crippen MR) is 116 cm³/mol. The van der Waals surface area contributed by atoms with E-state index in [-0.39, 0.29) is 18.9 Å². The third kappa shape index (κ3) is 4.38. The average Bonchev–Trinajstić information content (AvgIpc) is 2.75. The number of carbonyl (C=O) groups is 1.